The summed E-state index contributed by atoms with van der Waals surface area (Å²) in [5.41, 5.74) is 6.49. The third-order valence-electron chi connectivity index (χ3n) is 3.65. The molecule has 1 rings (SSSR count). The first-order valence-electron chi connectivity index (χ1n) is 8.05. The van der Waals surface area contributed by atoms with E-state index in [9.17, 15) is 0 Å². The molecule has 0 radical (unpaired) electrons. The summed E-state index contributed by atoms with van der Waals surface area (Å²) in [4.78, 5) is 6.74. The summed E-state index contributed by atoms with van der Waals surface area (Å²) < 4.78 is 5.36. The number of aromatic nitrogens is 2. The molecular formula is C16H32N4O. The molecule has 0 aliphatic heterocycles. The van der Waals surface area contributed by atoms with Gasteiger partial charge in [0.1, 0.15) is 0 Å². The van der Waals surface area contributed by atoms with E-state index in [2.05, 4.69) is 56.6 Å². The van der Waals surface area contributed by atoms with E-state index in [1.165, 1.54) is 0 Å². The van der Waals surface area contributed by atoms with Crippen LogP contribution in [-0.4, -0.2) is 34.7 Å². The van der Waals surface area contributed by atoms with E-state index in [0.29, 0.717) is 23.0 Å². The molecule has 21 heavy (non-hydrogen) atoms. The molecular weight excluding hydrogens is 264 g/mol. The SMILES string of the molecule is CCN(CC)CC(N)c1noc(CC(C)CC(C)(C)C)n1. The van der Waals surface area contributed by atoms with Gasteiger partial charge in [-0.05, 0) is 30.8 Å². The summed E-state index contributed by atoms with van der Waals surface area (Å²) in [7, 11) is 0. The monoisotopic (exact) mass is 296 g/mol. The Morgan fingerprint density at radius 2 is 1.86 bits per heavy atom. The van der Waals surface area contributed by atoms with Gasteiger partial charge in [0.2, 0.25) is 5.89 Å². The second-order valence-electron chi connectivity index (χ2n) is 7.21. The van der Waals surface area contributed by atoms with E-state index >= 15 is 0 Å². The second-order valence-corrected chi connectivity index (χ2v) is 7.21. The van der Waals surface area contributed by atoms with Crippen LogP contribution in [0.2, 0.25) is 0 Å². The number of nitrogens with zero attached hydrogens (tertiary/aromatic N) is 3. The summed E-state index contributed by atoms with van der Waals surface area (Å²) in [6, 6.07) is -0.180. The zero-order valence-electron chi connectivity index (χ0n) is 14.5. The maximum atomic E-state index is 6.17. The Labute approximate surface area is 129 Å². The van der Waals surface area contributed by atoms with E-state index in [-0.39, 0.29) is 6.04 Å². The van der Waals surface area contributed by atoms with Gasteiger partial charge in [-0.15, -0.1) is 0 Å². The van der Waals surface area contributed by atoms with E-state index in [0.717, 1.165) is 32.5 Å². The molecule has 2 N–H and O–H groups in total. The lowest BCUT2D eigenvalue weighted by atomic mass is 9.84. The first-order valence-corrected chi connectivity index (χ1v) is 8.05. The molecule has 0 amide bonds. The molecule has 5 heteroatoms. The Hall–Kier alpha value is -0.940. The zero-order valence-corrected chi connectivity index (χ0v) is 14.5. The van der Waals surface area contributed by atoms with Gasteiger partial charge >= 0.3 is 0 Å². The van der Waals surface area contributed by atoms with Crippen molar-refractivity contribution >= 4 is 0 Å². The van der Waals surface area contributed by atoms with Gasteiger partial charge in [0, 0.05) is 13.0 Å². The summed E-state index contributed by atoms with van der Waals surface area (Å²) >= 11 is 0. The Morgan fingerprint density at radius 1 is 1.24 bits per heavy atom. The lowest BCUT2D eigenvalue weighted by molar-refractivity contribution is 0.273. The quantitative estimate of drug-likeness (QED) is 0.798. The average molecular weight is 296 g/mol. The molecule has 122 valence electrons. The first kappa shape index (κ1) is 18.1. The Balaban J connectivity index is 2.56. The fourth-order valence-corrected chi connectivity index (χ4v) is 2.76. The minimum absolute atomic E-state index is 0.180. The number of likely N-dealkylation sites (N-methyl/N-ethyl adjacent to an activating group) is 1. The van der Waals surface area contributed by atoms with Gasteiger partial charge in [-0.25, -0.2) is 0 Å². The lowest BCUT2D eigenvalue weighted by Crippen LogP contribution is -2.32. The Bertz CT molecular complexity index is 407. The summed E-state index contributed by atoms with van der Waals surface area (Å²) in [6.07, 6.45) is 1.96. The van der Waals surface area contributed by atoms with Crippen LogP contribution in [0.4, 0.5) is 0 Å². The van der Waals surface area contributed by atoms with Crippen LogP contribution in [-0.2, 0) is 6.42 Å². The Morgan fingerprint density at radius 3 is 2.38 bits per heavy atom. The minimum atomic E-state index is -0.180. The van der Waals surface area contributed by atoms with Gasteiger partial charge in [0.05, 0.1) is 6.04 Å². The van der Waals surface area contributed by atoms with Gasteiger partial charge in [0.25, 0.3) is 0 Å². The average Bonchev–Trinajstić information content (AvgIpc) is 2.81. The van der Waals surface area contributed by atoms with Crippen molar-refractivity contribution in [3.63, 3.8) is 0 Å². The molecule has 5 nitrogen and oxygen atoms in total. The fourth-order valence-electron chi connectivity index (χ4n) is 2.76. The first-order chi connectivity index (χ1) is 9.75. The maximum absolute atomic E-state index is 6.17. The molecule has 0 aliphatic carbocycles. The van der Waals surface area contributed by atoms with Crippen molar-refractivity contribution in [2.24, 2.45) is 17.1 Å². The van der Waals surface area contributed by atoms with Crippen LogP contribution in [0.1, 0.15) is 65.7 Å². The summed E-state index contributed by atoms with van der Waals surface area (Å²) in [5, 5.41) is 4.05. The predicted molar refractivity (Wildman–Crippen MR) is 86.0 cm³/mol. The normalized spacial score (nSPS) is 15.4. The Kier molecular flexibility index (Phi) is 6.81. The third-order valence-corrected chi connectivity index (χ3v) is 3.65. The molecule has 0 aromatic carbocycles. The molecule has 0 fully saturated rings. The van der Waals surface area contributed by atoms with Crippen molar-refractivity contribution in [1.82, 2.24) is 15.0 Å². The lowest BCUT2D eigenvalue weighted by Gasteiger charge is -2.22. The predicted octanol–water partition coefficient (Wildman–Crippen LogP) is 3.03. The second kappa shape index (κ2) is 7.90. The number of hydrogen-bond donors (Lipinski definition) is 1. The highest BCUT2D eigenvalue weighted by Gasteiger charge is 2.20. The highest BCUT2D eigenvalue weighted by Crippen LogP contribution is 2.26. The van der Waals surface area contributed by atoms with E-state index in [4.69, 9.17) is 10.3 Å². The van der Waals surface area contributed by atoms with E-state index < -0.39 is 0 Å². The standard InChI is InChI=1S/C16H32N4O/c1-7-20(8-2)11-13(17)15-18-14(21-19-15)9-12(3)10-16(4,5)6/h12-13H,7-11,17H2,1-6H3. The van der Waals surface area contributed by atoms with Crippen LogP contribution >= 0.6 is 0 Å². The van der Waals surface area contributed by atoms with Gasteiger partial charge in [-0.3, -0.25) is 0 Å². The van der Waals surface area contributed by atoms with Crippen LogP contribution in [0.25, 0.3) is 0 Å². The molecule has 0 spiro atoms. The third kappa shape index (κ3) is 6.57. The molecule has 1 aromatic rings. The van der Waals surface area contributed by atoms with Crippen LogP contribution in [0.3, 0.4) is 0 Å². The number of rotatable bonds is 8. The van der Waals surface area contributed by atoms with E-state index in [1.807, 2.05) is 0 Å². The topological polar surface area (TPSA) is 68.2 Å². The smallest absolute Gasteiger partial charge is 0.226 e. The summed E-state index contributed by atoms with van der Waals surface area (Å²) in [5.74, 6) is 1.86. The molecule has 0 saturated carbocycles. The number of hydrogen-bond acceptors (Lipinski definition) is 5. The van der Waals surface area contributed by atoms with Gasteiger partial charge in [-0.2, -0.15) is 4.98 Å². The largest absolute Gasteiger partial charge is 0.339 e. The van der Waals surface area contributed by atoms with Crippen LogP contribution in [0, 0.1) is 11.3 Å². The molecule has 2 unspecified atom stereocenters. The zero-order chi connectivity index (χ0) is 16.0. The molecule has 1 aromatic heterocycles. The maximum Gasteiger partial charge on any atom is 0.226 e. The van der Waals surface area contributed by atoms with Crippen molar-refractivity contribution in [3.8, 4) is 0 Å². The highest BCUT2D eigenvalue weighted by molar-refractivity contribution is 4.95. The van der Waals surface area contributed by atoms with Gasteiger partial charge < -0.3 is 15.2 Å². The van der Waals surface area contributed by atoms with Crippen molar-refractivity contribution < 1.29 is 4.52 Å². The molecule has 0 bridgehead atoms. The van der Waals surface area contributed by atoms with Crippen molar-refractivity contribution in [2.75, 3.05) is 19.6 Å². The van der Waals surface area contributed by atoms with E-state index in [1.54, 1.807) is 0 Å². The van der Waals surface area contributed by atoms with Crippen LogP contribution in [0.5, 0.6) is 0 Å². The molecule has 0 aliphatic rings. The highest BCUT2D eigenvalue weighted by atomic mass is 16.5. The van der Waals surface area contributed by atoms with Crippen LogP contribution in [0.15, 0.2) is 4.52 Å². The number of nitrogens with two attached hydrogens (primary N) is 1. The van der Waals surface area contributed by atoms with Crippen LogP contribution < -0.4 is 5.73 Å². The van der Waals surface area contributed by atoms with Gasteiger partial charge in [0.15, 0.2) is 5.82 Å². The molecule has 0 saturated heterocycles. The van der Waals surface area contributed by atoms with Crippen molar-refractivity contribution in [2.45, 2.75) is 60.4 Å². The minimum Gasteiger partial charge on any atom is -0.339 e. The van der Waals surface area contributed by atoms with Crippen molar-refractivity contribution in [3.05, 3.63) is 11.7 Å². The van der Waals surface area contributed by atoms with Gasteiger partial charge in [-0.1, -0.05) is 46.7 Å². The van der Waals surface area contributed by atoms with Crippen molar-refractivity contribution in [1.29, 1.82) is 0 Å². The summed E-state index contributed by atoms with van der Waals surface area (Å²) in [6.45, 7) is 16.0. The molecule has 1 heterocycles. The fraction of sp³-hybridized carbons (Fsp3) is 0.875. The molecule has 2 atom stereocenters.